The fourth-order valence-electron chi connectivity index (χ4n) is 5.77. The molecule has 2 aromatic rings. The number of oxime groups is 1. The number of ketones is 1. The van der Waals surface area contributed by atoms with Crippen LogP contribution in [0.15, 0.2) is 46.1 Å². The average Bonchev–Trinajstić information content (AvgIpc) is 3.71. The van der Waals surface area contributed by atoms with Gasteiger partial charge in [-0.1, -0.05) is 16.8 Å². The third-order valence-corrected chi connectivity index (χ3v) is 11.0. The van der Waals surface area contributed by atoms with E-state index in [1.54, 1.807) is 0 Å². The quantitative estimate of drug-likeness (QED) is 0.0446. The van der Waals surface area contributed by atoms with Gasteiger partial charge in [0.15, 0.2) is 33.7 Å². The molecule has 16 nitrogen and oxygen atoms in total. The Hall–Kier alpha value is -4.65. The van der Waals surface area contributed by atoms with E-state index < -0.39 is 57.9 Å². The summed E-state index contributed by atoms with van der Waals surface area (Å²) in [5, 5.41) is 48.3. The molecule has 0 radical (unpaired) electrons. The van der Waals surface area contributed by atoms with E-state index in [2.05, 4.69) is 15.5 Å². The van der Waals surface area contributed by atoms with E-state index in [0.717, 1.165) is 17.4 Å². The van der Waals surface area contributed by atoms with Crippen LogP contribution >= 0.6 is 34.7 Å². The summed E-state index contributed by atoms with van der Waals surface area (Å²) in [7, 11) is 0. The molecule has 3 aliphatic rings. The minimum atomic E-state index is -1.88. The summed E-state index contributed by atoms with van der Waals surface area (Å²) in [4.78, 5) is 74.1. The number of Topliss-reactive ketones (excluding diaryl/α,β-unsaturated/α-hetero) is 1. The number of nitrogens with zero attached hydrogens (tertiary/aromatic N) is 4. The van der Waals surface area contributed by atoms with Gasteiger partial charge in [-0.3, -0.25) is 19.3 Å². The minimum absolute atomic E-state index is 0.0222. The number of phenols is 2. The molecule has 50 heavy (non-hydrogen) atoms. The number of nitrogens with one attached hydrogen (secondary N) is 1. The van der Waals surface area contributed by atoms with Gasteiger partial charge in [-0.25, -0.2) is 9.78 Å². The number of aromatic nitrogens is 1. The second-order valence-electron chi connectivity index (χ2n) is 12.4. The lowest BCUT2D eigenvalue weighted by Crippen LogP contribution is -2.63. The van der Waals surface area contributed by atoms with Crippen LogP contribution in [-0.2, 0) is 24.0 Å². The van der Waals surface area contributed by atoms with Crippen LogP contribution in [-0.4, -0.2) is 114 Å². The highest BCUT2D eigenvalue weighted by molar-refractivity contribution is 8.00. The van der Waals surface area contributed by atoms with Crippen LogP contribution < -0.4 is 16.2 Å². The number of anilines is 1. The van der Waals surface area contributed by atoms with Gasteiger partial charge >= 0.3 is 5.97 Å². The Balaban J connectivity index is 1.29. The number of fused-ring (bicyclic) bond motifs is 1. The number of nitrogens with two attached hydrogens (primary N) is 1. The first kappa shape index (κ1) is 36.6. The largest absolute Gasteiger partial charge is 0.546 e. The van der Waals surface area contributed by atoms with Gasteiger partial charge in [0.25, 0.3) is 5.91 Å². The normalized spacial score (nSPS) is 19.9. The Morgan fingerprint density at radius 1 is 1.24 bits per heavy atom. The standard InChI is InChI=1S/C31H33ClN6O10S2/c1-31(2,29(46)47)48-36-22(18-14-50-30(33)35-18)20(40)11-17-26(43)37-23(28(44)45)15(13-49-27(17)37)12-38(8-3-4-9-38)10-7-34-25(42)16-5-6-19(39)24(41)21(16)32/h3-6,14,17,27H,7-13H2,1-2H3,(H6-,33,34,35,36,39,40,41,42,44,45,46,47)/t17-,27-/m1/s1. The van der Waals surface area contributed by atoms with Crippen LogP contribution in [0.25, 0.3) is 0 Å². The maximum absolute atomic E-state index is 13.5. The van der Waals surface area contributed by atoms with E-state index in [1.807, 2.05) is 12.2 Å². The summed E-state index contributed by atoms with van der Waals surface area (Å²) >= 11 is 8.37. The summed E-state index contributed by atoms with van der Waals surface area (Å²) in [5.41, 5.74) is 3.90. The molecule has 0 aliphatic carbocycles. The van der Waals surface area contributed by atoms with Gasteiger partial charge in [-0.15, -0.1) is 23.1 Å². The summed E-state index contributed by atoms with van der Waals surface area (Å²) in [6.07, 6.45) is 3.55. The number of aromatic hydroxyl groups is 2. The number of benzene rings is 1. The van der Waals surface area contributed by atoms with Crippen LogP contribution in [0.1, 0.15) is 36.3 Å². The number of quaternary nitrogens is 1. The molecule has 3 aliphatic heterocycles. The van der Waals surface area contributed by atoms with Crippen molar-refractivity contribution in [1.82, 2.24) is 15.2 Å². The zero-order valence-electron chi connectivity index (χ0n) is 26.8. The molecular weight excluding hydrogens is 716 g/mol. The zero-order valence-corrected chi connectivity index (χ0v) is 29.1. The number of β-lactam (4-membered cyclic amide) rings is 1. The first-order valence-corrected chi connectivity index (χ1v) is 17.5. The number of nitrogen functional groups attached to an aromatic ring is 1. The molecule has 4 heterocycles. The van der Waals surface area contributed by atoms with E-state index in [-0.39, 0.29) is 58.1 Å². The highest BCUT2D eigenvalue weighted by Gasteiger charge is 2.55. The number of carboxylic acids is 2. The van der Waals surface area contributed by atoms with Gasteiger partial charge in [0.1, 0.15) is 17.9 Å². The predicted molar refractivity (Wildman–Crippen MR) is 180 cm³/mol. The second-order valence-corrected chi connectivity index (χ2v) is 14.8. The lowest BCUT2D eigenvalue weighted by Gasteiger charge is -2.50. The van der Waals surface area contributed by atoms with Crippen LogP contribution in [0.5, 0.6) is 11.5 Å². The summed E-state index contributed by atoms with van der Waals surface area (Å²) in [6.45, 7) is 4.32. The van der Waals surface area contributed by atoms with Crippen molar-refractivity contribution in [2.75, 3.05) is 44.2 Å². The fourth-order valence-corrected chi connectivity index (χ4v) is 7.96. The molecule has 1 aromatic carbocycles. The maximum atomic E-state index is 13.5. The molecule has 2 atom stereocenters. The number of hydrogen-bond acceptors (Lipinski definition) is 14. The summed E-state index contributed by atoms with van der Waals surface area (Å²) < 4.78 is 0.370. The van der Waals surface area contributed by atoms with Crippen LogP contribution in [0.2, 0.25) is 5.02 Å². The molecule has 6 N–H and O–H groups in total. The first-order valence-electron chi connectivity index (χ1n) is 15.2. The molecule has 1 saturated heterocycles. The molecule has 0 unspecified atom stereocenters. The second kappa shape index (κ2) is 14.3. The van der Waals surface area contributed by atoms with Gasteiger partial charge in [-0.2, -0.15) is 0 Å². The van der Waals surface area contributed by atoms with Gasteiger partial charge in [-0.05, 0) is 38.1 Å². The van der Waals surface area contributed by atoms with Crippen LogP contribution in [0.3, 0.4) is 0 Å². The third kappa shape index (κ3) is 7.28. The van der Waals surface area contributed by atoms with Crippen molar-refractivity contribution in [2.24, 2.45) is 11.1 Å². The van der Waals surface area contributed by atoms with E-state index in [4.69, 9.17) is 22.2 Å². The number of thioether (sulfide) groups is 1. The highest BCUT2D eigenvalue weighted by atomic mass is 35.5. The Kier molecular flexibility index (Phi) is 10.5. The van der Waals surface area contributed by atoms with Crippen molar-refractivity contribution in [3.05, 3.63) is 57.2 Å². The average molecular weight is 749 g/mol. The van der Waals surface area contributed by atoms with Crippen molar-refractivity contribution < 1.29 is 53.7 Å². The number of halogens is 1. The highest BCUT2D eigenvalue weighted by Crippen LogP contribution is 2.46. The van der Waals surface area contributed by atoms with E-state index in [1.165, 1.54) is 42.0 Å². The topological polar surface area (TPSA) is 245 Å². The van der Waals surface area contributed by atoms with E-state index >= 15 is 0 Å². The SMILES string of the molecule is CC(C)(O/N=C(/C(=O)C[C@@H]1C(=O)N2C(C(=O)O)=C(C[N+]3(CCNC(=O)c4ccc(O)c(O)c4Cl)CC=CC3)CS[C@H]12)c1csc(N)n1)C(=O)[O-]. The number of thiazole rings is 1. The number of carbonyl (C=O) groups excluding carboxylic acids is 4. The number of carboxylic acid groups (broad SMARTS) is 2. The number of hydrogen-bond donors (Lipinski definition) is 5. The number of phenolic OH excluding ortho intramolecular Hbond substituents is 2. The van der Waals surface area contributed by atoms with Crippen LogP contribution in [0.4, 0.5) is 5.13 Å². The van der Waals surface area contributed by atoms with Crippen molar-refractivity contribution in [2.45, 2.75) is 31.2 Å². The molecule has 1 fully saturated rings. The summed E-state index contributed by atoms with van der Waals surface area (Å²) in [5.74, 6) is -6.36. The van der Waals surface area contributed by atoms with Crippen molar-refractivity contribution >= 4 is 75.1 Å². The van der Waals surface area contributed by atoms with Crippen molar-refractivity contribution in [3.63, 3.8) is 0 Å². The Morgan fingerprint density at radius 2 is 1.94 bits per heavy atom. The number of rotatable bonds is 14. The van der Waals surface area contributed by atoms with Crippen molar-refractivity contribution in [1.29, 1.82) is 0 Å². The Bertz CT molecular complexity index is 1850. The Morgan fingerprint density at radius 3 is 2.56 bits per heavy atom. The number of amides is 2. The third-order valence-electron chi connectivity index (χ3n) is 8.54. The predicted octanol–water partition coefficient (Wildman–Crippen LogP) is 0.685. The number of aliphatic carboxylic acids is 2. The monoisotopic (exact) mass is 748 g/mol. The van der Waals surface area contributed by atoms with Gasteiger partial charge in [0, 0.05) is 23.1 Å². The molecular formula is C31H33ClN6O10S2. The molecule has 266 valence electrons. The number of carbonyl (C=O) groups is 5. The summed E-state index contributed by atoms with van der Waals surface area (Å²) in [6, 6.07) is 2.44. The molecule has 2 amide bonds. The molecule has 19 heteroatoms. The van der Waals surface area contributed by atoms with Crippen molar-refractivity contribution in [3.8, 4) is 11.5 Å². The van der Waals surface area contributed by atoms with Crippen LogP contribution in [0, 0.1) is 5.92 Å². The lowest BCUT2D eigenvalue weighted by molar-refractivity contribution is -0.907. The van der Waals surface area contributed by atoms with E-state index in [9.17, 15) is 44.4 Å². The molecule has 0 spiro atoms. The lowest BCUT2D eigenvalue weighted by atomic mass is 9.89. The zero-order chi connectivity index (χ0) is 36.5. The molecule has 0 bridgehead atoms. The molecule has 0 saturated carbocycles. The fraction of sp³-hybridized carbons (Fsp3) is 0.387. The first-order chi connectivity index (χ1) is 23.5. The minimum Gasteiger partial charge on any atom is -0.546 e. The van der Waals surface area contributed by atoms with Gasteiger partial charge < -0.3 is 45.6 Å². The van der Waals surface area contributed by atoms with Gasteiger partial charge in [0.2, 0.25) is 5.91 Å². The molecule has 5 rings (SSSR count). The molecule has 1 aromatic heterocycles. The Labute approximate surface area is 298 Å². The maximum Gasteiger partial charge on any atom is 0.352 e. The van der Waals surface area contributed by atoms with Gasteiger partial charge in [0.05, 0.1) is 54.0 Å². The van der Waals surface area contributed by atoms with E-state index in [0.29, 0.717) is 29.7 Å². The smallest absolute Gasteiger partial charge is 0.352 e.